The first-order chi connectivity index (χ1) is 16.7. The van der Waals surface area contributed by atoms with Crippen LogP contribution in [0.5, 0.6) is 5.75 Å². The number of methoxy groups -OCH3 is 1. The predicted molar refractivity (Wildman–Crippen MR) is 133 cm³/mol. The van der Waals surface area contributed by atoms with E-state index in [0.29, 0.717) is 37.9 Å². The number of fused-ring (bicyclic) bond motifs is 1. The van der Waals surface area contributed by atoms with Gasteiger partial charge < -0.3 is 19.7 Å². The van der Waals surface area contributed by atoms with Crippen molar-refractivity contribution in [2.24, 2.45) is 0 Å². The zero-order valence-corrected chi connectivity index (χ0v) is 19.7. The third-order valence-electron chi connectivity index (χ3n) is 6.77. The van der Waals surface area contributed by atoms with Crippen LogP contribution >= 0.6 is 0 Å². The number of aromatic nitrogens is 1. The summed E-state index contributed by atoms with van der Waals surface area (Å²) in [6.45, 7) is 5.33. The third kappa shape index (κ3) is 5.00. The van der Waals surface area contributed by atoms with E-state index in [-0.39, 0.29) is 5.91 Å². The second-order valence-corrected chi connectivity index (χ2v) is 8.98. The number of carbonyl (C=O) groups excluding carboxylic acids is 1. The quantitative estimate of drug-likeness (QED) is 0.604. The van der Waals surface area contributed by atoms with Crippen LogP contribution in [0, 0.1) is 0 Å². The maximum atomic E-state index is 13.3. The number of benzene rings is 2. The van der Waals surface area contributed by atoms with Crippen molar-refractivity contribution in [3.05, 3.63) is 65.7 Å². The molecule has 7 heteroatoms. The van der Waals surface area contributed by atoms with Crippen LogP contribution in [0.15, 0.2) is 54.6 Å². The van der Waals surface area contributed by atoms with Crippen molar-refractivity contribution in [3.63, 3.8) is 0 Å². The van der Waals surface area contributed by atoms with Gasteiger partial charge in [-0.3, -0.25) is 9.69 Å². The minimum atomic E-state index is 0.0524. The van der Waals surface area contributed by atoms with Crippen molar-refractivity contribution in [2.45, 2.75) is 25.4 Å². The normalized spacial score (nSPS) is 17.6. The SMILES string of the molecule is COc1ccccc1CN1CCC(Nc2cc(C(=O)N3CCOCC3)c3ccccc3n2)CC1. The Morgan fingerprint density at radius 3 is 2.59 bits per heavy atom. The summed E-state index contributed by atoms with van der Waals surface area (Å²) in [4.78, 5) is 22.5. The number of nitrogens with one attached hydrogen (secondary N) is 1. The molecule has 0 saturated carbocycles. The van der Waals surface area contributed by atoms with Gasteiger partial charge in [-0.25, -0.2) is 4.98 Å². The highest BCUT2D eigenvalue weighted by Gasteiger charge is 2.24. The molecule has 0 atom stereocenters. The minimum Gasteiger partial charge on any atom is -0.496 e. The molecule has 7 nitrogen and oxygen atoms in total. The van der Waals surface area contributed by atoms with Gasteiger partial charge in [-0.2, -0.15) is 0 Å². The van der Waals surface area contributed by atoms with Gasteiger partial charge in [0.1, 0.15) is 11.6 Å². The van der Waals surface area contributed by atoms with Crippen LogP contribution in [0.25, 0.3) is 10.9 Å². The molecule has 2 aromatic carbocycles. The van der Waals surface area contributed by atoms with Crippen molar-refractivity contribution in [1.82, 2.24) is 14.8 Å². The summed E-state index contributed by atoms with van der Waals surface area (Å²) in [6.07, 6.45) is 2.05. The van der Waals surface area contributed by atoms with Crippen molar-refractivity contribution in [1.29, 1.82) is 0 Å². The first-order valence-electron chi connectivity index (χ1n) is 12.1. The van der Waals surface area contributed by atoms with Crippen molar-refractivity contribution >= 4 is 22.6 Å². The Morgan fingerprint density at radius 2 is 1.79 bits per heavy atom. The predicted octanol–water partition coefficient (Wildman–Crippen LogP) is 3.79. The van der Waals surface area contributed by atoms with Gasteiger partial charge >= 0.3 is 0 Å². The van der Waals surface area contributed by atoms with Crippen LogP contribution < -0.4 is 10.1 Å². The van der Waals surface area contributed by atoms with Crippen LogP contribution in [0.2, 0.25) is 0 Å². The zero-order valence-electron chi connectivity index (χ0n) is 19.7. The molecule has 1 N–H and O–H groups in total. The smallest absolute Gasteiger partial charge is 0.254 e. The van der Waals surface area contributed by atoms with Crippen molar-refractivity contribution < 1.29 is 14.3 Å². The number of nitrogens with zero attached hydrogens (tertiary/aromatic N) is 3. The number of anilines is 1. The van der Waals surface area contributed by atoms with Gasteiger partial charge in [0.15, 0.2) is 0 Å². The summed E-state index contributed by atoms with van der Waals surface area (Å²) in [6, 6.07) is 18.4. The second-order valence-electron chi connectivity index (χ2n) is 8.98. The Morgan fingerprint density at radius 1 is 1.06 bits per heavy atom. The van der Waals surface area contributed by atoms with Crippen LogP contribution in [-0.4, -0.2) is 73.2 Å². The molecule has 3 heterocycles. The molecule has 0 unspecified atom stereocenters. The van der Waals surface area contributed by atoms with E-state index >= 15 is 0 Å². The van der Waals surface area contributed by atoms with Gasteiger partial charge in [-0.15, -0.1) is 0 Å². The lowest BCUT2D eigenvalue weighted by molar-refractivity contribution is 0.0304. The molecule has 2 saturated heterocycles. The average Bonchev–Trinajstić information content (AvgIpc) is 2.90. The van der Waals surface area contributed by atoms with E-state index < -0.39 is 0 Å². The summed E-state index contributed by atoms with van der Waals surface area (Å²) < 4.78 is 10.9. The van der Waals surface area contributed by atoms with Gasteiger partial charge in [0.05, 0.1) is 31.4 Å². The number of rotatable bonds is 6. The van der Waals surface area contributed by atoms with Gasteiger partial charge in [0.25, 0.3) is 5.91 Å². The standard InChI is InChI=1S/C27H32N4O3/c1-33-25-9-5-2-6-20(25)19-30-12-10-21(11-13-30)28-26-18-23(22-7-3-4-8-24(22)29-26)27(32)31-14-16-34-17-15-31/h2-9,18,21H,10-17,19H2,1H3,(H,28,29). The average molecular weight is 461 g/mol. The van der Waals surface area contributed by atoms with Crippen LogP contribution in [0.1, 0.15) is 28.8 Å². The summed E-state index contributed by atoms with van der Waals surface area (Å²) in [7, 11) is 1.73. The lowest BCUT2D eigenvalue weighted by Gasteiger charge is -2.33. The fourth-order valence-corrected chi connectivity index (χ4v) is 4.88. The number of amides is 1. The molecule has 3 aromatic rings. The Labute approximate surface area is 200 Å². The van der Waals surface area contributed by atoms with Gasteiger partial charge in [-0.05, 0) is 31.0 Å². The molecule has 5 rings (SSSR count). The molecule has 0 bridgehead atoms. The number of carbonyl (C=O) groups is 1. The highest BCUT2D eigenvalue weighted by atomic mass is 16.5. The molecule has 34 heavy (non-hydrogen) atoms. The Hall–Kier alpha value is -3.16. The fraction of sp³-hybridized carbons (Fsp3) is 0.407. The molecule has 1 aromatic heterocycles. The number of piperidine rings is 1. The second kappa shape index (κ2) is 10.4. The summed E-state index contributed by atoms with van der Waals surface area (Å²) >= 11 is 0. The number of hydrogen-bond acceptors (Lipinski definition) is 6. The maximum Gasteiger partial charge on any atom is 0.254 e. The minimum absolute atomic E-state index is 0.0524. The first-order valence-corrected chi connectivity index (χ1v) is 12.1. The Balaban J connectivity index is 1.27. The number of likely N-dealkylation sites (tertiary alicyclic amines) is 1. The molecule has 1 amide bonds. The molecule has 0 spiro atoms. The van der Waals surface area contributed by atoms with Crippen LogP contribution in [0.4, 0.5) is 5.82 Å². The number of ether oxygens (including phenoxy) is 2. The largest absolute Gasteiger partial charge is 0.496 e. The summed E-state index contributed by atoms with van der Waals surface area (Å²) in [5.74, 6) is 1.77. The number of para-hydroxylation sites is 2. The zero-order chi connectivity index (χ0) is 23.3. The van der Waals surface area contributed by atoms with Gasteiger partial charge in [0, 0.05) is 49.7 Å². The van der Waals surface area contributed by atoms with Crippen molar-refractivity contribution in [2.75, 3.05) is 51.8 Å². The van der Waals surface area contributed by atoms with E-state index in [1.54, 1.807) is 7.11 Å². The molecule has 178 valence electrons. The molecule has 2 aliphatic heterocycles. The van der Waals surface area contributed by atoms with Gasteiger partial charge in [0.2, 0.25) is 0 Å². The Kier molecular flexibility index (Phi) is 6.92. The van der Waals surface area contributed by atoms with E-state index in [1.807, 2.05) is 47.4 Å². The summed E-state index contributed by atoms with van der Waals surface area (Å²) in [5, 5.41) is 4.52. The van der Waals surface area contributed by atoms with Crippen LogP contribution in [0.3, 0.4) is 0 Å². The molecular formula is C27H32N4O3. The van der Waals surface area contributed by atoms with E-state index in [4.69, 9.17) is 14.5 Å². The van der Waals surface area contributed by atoms with E-state index in [9.17, 15) is 4.79 Å². The van der Waals surface area contributed by atoms with Crippen molar-refractivity contribution in [3.8, 4) is 5.75 Å². The number of morpholine rings is 1. The lowest BCUT2D eigenvalue weighted by atomic mass is 10.0. The molecule has 0 aliphatic carbocycles. The highest BCUT2D eigenvalue weighted by molar-refractivity contribution is 6.07. The number of hydrogen-bond donors (Lipinski definition) is 1. The fourth-order valence-electron chi connectivity index (χ4n) is 4.88. The highest BCUT2D eigenvalue weighted by Crippen LogP contribution is 2.26. The van der Waals surface area contributed by atoms with Gasteiger partial charge in [-0.1, -0.05) is 36.4 Å². The van der Waals surface area contributed by atoms with E-state index in [1.165, 1.54) is 5.56 Å². The monoisotopic (exact) mass is 460 g/mol. The third-order valence-corrected chi connectivity index (χ3v) is 6.77. The Bertz CT molecular complexity index is 1140. The maximum absolute atomic E-state index is 13.3. The topological polar surface area (TPSA) is 66.9 Å². The first kappa shape index (κ1) is 22.6. The van der Waals surface area contributed by atoms with Crippen LogP contribution in [-0.2, 0) is 11.3 Å². The van der Waals surface area contributed by atoms with E-state index in [0.717, 1.165) is 54.9 Å². The molecule has 0 radical (unpaired) electrons. The molecule has 2 fully saturated rings. The molecule has 2 aliphatic rings. The van der Waals surface area contributed by atoms with E-state index in [2.05, 4.69) is 22.3 Å². The summed E-state index contributed by atoms with van der Waals surface area (Å²) in [5.41, 5.74) is 2.78. The lowest BCUT2D eigenvalue weighted by Crippen LogP contribution is -2.41. The molecular weight excluding hydrogens is 428 g/mol. The number of pyridine rings is 1.